The van der Waals surface area contributed by atoms with Crippen LogP contribution in [0.1, 0.15) is 67.9 Å². The van der Waals surface area contributed by atoms with Gasteiger partial charge in [-0.05, 0) is 69.7 Å². The van der Waals surface area contributed by atoms with Gasteiger partial charge in [0.25, 0.3) is 5.56 Å². The summed E-state index contributed by atoms with van der Waals surface area (Å²) in [6.07, 6.45) is 2.70. The Hall–Kier alpha value is -3.10. The average Bonchev–Trinajstić information content (AvgIpc) is 3.20. The minimum absolute atomic E-state index is 0.0792. The lowest BCUT2D eigenvalue weighted by Gasteiger charge is -2.31. The molecule has 1 aromatic carbocycles. The Kier molecular flexibility index (Phi) is 6.21. The number of aliphatic hydroxyl groups is 1. The summed E-state index contributed by atoms with van der Waals surface area (Å²) in [6, 6.07) is 5.11. The van der Waals surface area contributed by atoms with Crippen molar-refractivity contribution in [2.24, 2.45) is 0 Å². The van der Waals surface area contributed by atoms with E-state index in [4.69, 9.17) is 14.5 Å². The molecule has 0 spiro atoms. The second-order valence-electron chi connectivity index (χ2n) is 10.0. The van der Waals surface area contributed by atoms with Gasteiger partial charge in [-0.1, -0.05) is 6.92 Å². The van der Waals surface area contributed by atoms with Crippen LogP contribution in [0.3, 0.4) is 0 Å². The first-order valence-corrected chi connectivity index (χ1v) is 12.6. The molecule has 2 aliphatic rings. The fourth-order valence-electron chi connectivity index (χ4n) is 5.31. The lowest BCUT2D eigenvalue weighted by atomic mass is 9.86. The van der Waals surface area contributed by atoms with Gasteiger partial charge in [-0.3, -0.25) is 4.79 Å². The Morgan fingerprint density at radius 3 is 2.75 bits per heavy atom. The van der Waals surface area contributed by atoms with Gasteiger partial charge in [-0.2, -0.15) is 0 Å². The number of halogens is 1. The zero-order valence-corrected chi connectivity index (χ0v) is 21.1. The molecule has 0 radical (unpaired) electrons. The standard InChI is InChI=1S/C28H31FN2O5/c1-5-28(34)21-11-24-25-17(13-31(24)26(32)20(21)14-36-27(28)33)10-19-18(8-6-7-9-35-15(2)3)16(4)22(29)12-23(19)30-25/h10-12,15,34H,5-9,13-14H2,1-4H3/t28-/m0/s1. The highest BCUT2D eigenvalue weighted by Crippen LogP contribution is 2.39. The third-order valence-electron chi connectivity index (χ3n) is 7.42. The number of carbonyl (C=O) groups is 1. The van der Waals surface area contributed by atoms with Crippen LogP contribution in [0.4, 0.5) is 4.39 Å². The molecule has 190 valence electrons. The van der Waals surface area contributed by atoms with Gasteiger partial charge in [0.15, 0.2) is 5.60 Å². The molecule has 2 aromatic heterocycles. The van der Waals surface area contributed by atoms with Crippen molar-refractivity contribution in [1.29, 1.82) is 0 Å². The highest BCUT2D eigenvalue weighted by molar-refractivity contribution is 5.88. The van der Waals surface area contributed by atoms with E-state index in [1.165, 1.54) is 6.07 Å². The minimum Gasteiger partial charge on any atom is -0.458 e. The fourth-order valence-corrected chi connectivity index (χ4v) is 5.31. The monoisotopic (exact) mass is 494 g/mol. The molecular formula is C28H31FN2O5. The fraction of sp³-hybridized carbons (Fsp3) is 0.464. The maximum absolute atomic E-state index is 14.9. The molecule has 3 aromatic rings. The van der Waals surface area contributed by atoms with Crippen molar-refractivity contribution >= 4 is 16.9 Å². The van der Waals surface area contributed by atoms with Gasteiger partial charge in [0.05, 0.1) is 35.1 Å². The normalized spacial score (nSPS) is 18.4. The Morgan fingerprint density at radius 1 is 1.25 bits per heavy atom. The van der Waals surface area contributed by atoms with Gasteiger partial charge >= 0.3 is 5.97 Å². The van der Waals surface area contributed by atoms with Crippen LogP contribution in [-0.4, -0.2) is 33.3 Å². The van der Waals surface area contributed by atoms with Crippen LogP contribution in [0, 0.1) is 12.7 Å². The largest absolute Gasteiger partial charge is 0.458 e. The van der Waals surface area contributed by atoms with Gasteiger partial charge in [-0.25, -0.2) is 14.2 Å². The van der Waals surface area contributed by atoms with E-state index in [0.29, 0.717) is 42.0 Å². The number of cyclic esters (lactones) is 1. The number of rotatable bonds is 7. The van der Waals surface area contributed by atoms with Gasteiger partial charge in [0, 0.05) is 29.2 Å². The SMILES string of the molecule is CC[C@@]1(O)C(=O)OCc2c1cc1n(c2=O)Cc2cc3c(CCCCOC(C)C)c(C)c(F)cc3nc2-1. The molecule has 4 heterocycles. The molecule has 0 bridgehead atoms. The number of esters is 1. The second kappa shape index (κ2) is 9.09. The van der Waals surface area contributed by atoms with Gasteiger partial charge < -0.3 is 19.1 Å². The summed E-state index contributed by atoms with van der Waals surface area (Å²) in [7, 11) is 0. The summed E-state index contributed by atoms with van der Waals surface area (Å²) >= 11 is 0. The summed E-state index contributed by atoms with van der Waals surface area (Å²) < 4.78 is 27.3. The van der Waals surface area contributed by atoms with E-state index in [0.717, 1.165) is 29.4 Å². The number of aryl methyl sites for hydroxylation is 1. The van der Waals surface area contributed by atoms with Crippen molar-refractivity contribution in [3.63, 3.8) is 0 Å². The molecule has 1 N–H and O–H groups in total. The van der Waals surface area contributed by atoms with E-state index in [1.807, 2.05) is 19.9 Å². The molecular weight excluding hydrogens is 463 g/mol. The predicted octanol–water partition coefficient (Wildman–Crippen LogP) is 4.27. The van der Waals surface area contributed by atoms with Crippen LogP contribution in [0.25, 0.3) is 22.3 Å². The summed E-state index contributed by atoms with van der Waals surface area (Å²) in [5.41, 5.74) is 2.36. The molecule has 1 atom stereocenters. The van der Waals surface area contributed by atoms with E-state index in [9.17, 15) is 19.1 Å². The summed E-state index contributed by atoms with van der Waals surface area (Å²) in [4.78, 5) is 30.5. The maximum Gasteiger partial charge on any atom is 0.343 e. The number of unbranched alkanes of at least 4 members (excludes halogenated alkanes) is 1. The molecule has 0 unspecified atom stereocenters. The smallest absolute Gasteiger partial charge is 0.343 e. The van der Waals surface area contributed by atoms with E-state index >= 15 is 0 Å². The number of carbonyl (C=O) groups excluding carboxylic acids is 1. The lowest BCUT2D eigenvalue weighted by Crippen LogP contribution is -2.44. The van der Waals surface area contributed by atoms with Crippen LogP contribution in [0.15, 0.2) is 23.0 Å². The number of hydrogen-bond acceptors (Lipinski definition) is 6. The maximum atomic E-state index is 14.9. The zero-order chi connectivity index (χ0) is 25.8. The van der Waals surface area contributed by atoms with Gasteiger partial charge in [-0.15, -0.1) is 0 Å². The quantitative estimate of drug-likeness (QED) is 0.305. The van der Waals surface area contributed by atoms with Crippen LogP contribution < -0.4 is 5.56 Å². The molecule has 0 amide bonds. The minimum atomic E-state index is -1.88. The molecule has 2 aliphatic heterocycles. The number of fused-ring (bicyclic) bond motifs is 5. The molecule has 0 saturated carbocycles. The van der Waals surface area contributed by atoms with Gasteiger partial charge in [0.2, 0.25) is 0 Å². The molecule has 7 nitrogen and oxygen atoms in total. The van der Waals surface area contributed by atoms with Crippen LogP contribution >= 0.6 is 0 Å². The highest BCUT2D eigenvalue weighted by atomic mass is 19.1. The van der Waals surface area contributed by atoms with E-state index in [-0.39, 0.29) is 41.6 Å². The number of benzene rings is 1. The predicted molar refractivity (Wildman–Crippen MR) is 133 cm³/mol. The van der Waals surface area contributed by atoms with Crippen molar-refractivity contribution in [3.05, 3.63) is 62.2 Å². The van der Waals surface area contributed by atoms with Crippen LogP contribution in [0.5, 0.6) is 0 Å². The van der Waals surface area contributed by atoms with Crippen LogP contribution in [0.2, 0.25) is 0 Å². The third kappa shape index (κ3) is 3.83. The first-order chi connectivity index (χ1) is 17.2. The van der Waals surface area contributed by atoms with Gasteiger partial charge in [0.1, 0.15) is 12.4 Å². The zero-order valence-electron chi connectivity index (χ0n) is 21.1. The number of hydrogen-bond donors (Lipinski definition) is 1. The van der Waals surface area contributed by atoms with E-state index in [2.05, 4.69) is 0 Å². The second-order valence-corrected chi connectivity index (χ2v) is 10.0. The van der Waals surface area contributed by atoms with Crippen LogP contribution in [-0.2, 0) is 39.4 Å². The average molecular weight is 495 g/mol. The number of ether oxygens (including phenoxy) is 2. The number of nitrogens with zero attached hydrogens (tertiary/aromatic N) is 2. The number of pyridine rings is 2. The van der Waals surface area contributed by atoms with E-state index < -0.39 is 11.6 Å². The summed E-state index contributed by atoms with van der Waals surface area (Å²) in [5, 5.41) is 11.9. The molecule has 0 aliphatic carbocycles. The molecule has 5 rings (SSSR count). The van der Waals surface area contributed by atoms with Crippen molar-refractivity contribution in [2.75, 3.05) is 6.61 Å². The van der Waals surface area contributed by atoms with Crippen molar-refractivity contribution < 1.29 is 23.8 Å². The highest BCUT2D eigenvalue weighted by Gasteiger charge is 2.45. The topological polar surface area (TPSA) is 90.7 Å². The first-order valence-electron chi connectivity index (χ1n) is 12.6. The Balaban J connectivity index is 1.58. The lowest BCUT2D eigenvalue weighted by molar-refractivity contribution is -0.172. The Bertz CT molecular complexity index is 1440. The third-order valence-corrected chi connectivity index (χ3v) is 7.42. The first kappa shape index (κ1) is 24.6. The molecule has 36 heavy (non-hydrogen) atoms. The Morgan fingerprint density at radius 2 is 2.03 bits per heavy atom. The molecule has 0 fully saturated rings. The summed E-state index contributed by atoms with van der Waals surface area (Å²) in [6.45, 7) is 8.28. The Labute approximate surface area is 208 Å². The summed E-state index contributed by atoms with van der Waals surface area (Å²) in [5.74, 6) is -1.07. The van der Waals surface area contributed by atoms with E-state index in [1.54, 1.807) is 24.5 Å². The number of aromatic nitrogens is 2. The van der Waals surface area contributed by atoms with Crippen molar-refractivity contribution in [2.45, 2.75) is 78.2 Å². The molecule has 0 saturated heterocycles. The van der Waals surface area contributed by atoms with Crippen molar-refractivity contribution in [1.82, 2.24) is 9.55 Å². The molecule has 8 heteroatoms. The van der Waals surface area contributed by atoms with Crippen molar-refractivity contribution in [3.8, 4) is 11.4 Å².